The molecule has 0 aliphatic carbocycles. The van der Waals surface area contributed by atoms with Crippen molar-refractivity contribution in [3.8, 4) is 6.26 Å². The smallest absolute Gasteiger partial charge is 0.323 e. The topological polar surface area (TPSA) is 131 Å². The molecule has 1 aromatic rings. The van der Waals surface area contributed by atoms with Crippen LogP contribution >= 0.6 is 0 Å². The molecule has 8 nitrogen and oxygen atoms in total. The Morgan fingerprint density at radius 1 is 1.00 bits per heavy atom. The Bertz CT molecular complexity index is 714. The molecule has 0 amide bonds. The van der Waals surface area contributed by atoms with Gasteiger partial charge in [-0.15, -0.1) is 0 Å². The molecule has 8 heteroatoms. The summed E-state index contributed by atoms with van der Waals surface area (Å²) in [6.45, 7) is 6.73. The van der Waals surface area contributed by atoms with Gasteiger partial charge in [-0.25, -0.2) is 0 Å². The van der Waals surface area contributed by atoms with Crippen LogP contribution < -0.4 is 0 Å². The molecule has 0 unspecified atom stereocenters. The maximum atomic E-state index is 12.3. The lowest BCUT2D eigenvalue weighted by molar-refractivity contribution is -0.170. The zero-order chi connectivity index (χ0) is 21.7. The van der Waals surface area contributed by atoms with Crippen LogP contribution in [0.1, 0.15) is 50.0 Å². The summed E-state index contributed by atoms with van der Waals surface area (Å²) in [5.41, 5.74) is -0.537. The maximum Gasteiger partial charge on any atom is 0.323 e. The van der Waals surface area contributed by atoms with Crippen LogP contribution in [0, 0.1) is 16.9 Å². The van der Waals surface area contributed by atoms with Crippen molar-refractivity contribution in [2.45, 2.75) is 40.5 Å². The molecule has 28 heavy (non-hydrogen) atoms. The fourth-order valence-electron chi connectivity index (χ4n) is 2.31. The van der Waals surface area contributed by atoms with Gasteiger partial charge < -0.3 is 14.6 Å². The predicted octanol–water partition coefficient (Wildman–Crippen LogP) is 2.36. The highest BCUT2D eigenvalue weighted by Crippen LogP contribution is 2.27. The van der Waals surface area contributed by atoms with Crippen molar-refractivity contribution in [2.75, 3.05) is 13.2 Å². The molecule has 0 aliphatic rings. The zero-order valence-electron chi connectivity index (χ0n) is 16.5. The molecular formula is C20H25NO7. The van der Waals surface area contributed by atoms with Gasteiger partial charge in [0.2, 0.25) is 11.6 Å². The first kappa shape index (κ1) is 24.8. The molecule has 1 aromatic carbocycles. The summed E-state index contributed by atoms with van der Waals surface area (Å²) in [5.74, 6) is -2.33. The van der Waals surface area contributed by atoms with Gasteiger partial charge in [0.1, 0.15) is 0 Å². The summed E-state index contributed by atoms with van der Waals surface area (Å²) in [4.78, 5) is 47.9. The second-order valence-electron chi connectivity index (χ2n) is 5.85. The minimum absolute atomic E-state index is 0.0703. The Hall–Kier alpha value is -3.21. The Kier molecular flexibility index (Phi) is 10.8. The van der Waals surface area contributed by atoms with E-state index in [-0.39, 0.29) is 31.6 Å². The number of ether oxygens (including phenoxy) is 2. The summed E-state index contributed by atoms with van der Waals surface area (Å²) in [6, 6.07) is 6.27. The molecule has 1 rings (SSSR count). The lowest BCUT2D eigenvalue weighted by Gasteiger charge is -2.25. The highest BCUT2D eigenvalue weighted by Gasteiger charge is 2.44. The Balaban J connectivity index is 0.00000227. The Morgan fingerprint density at radius 2 is 1.43 bits per heavy atom. The Labute approximate surface area is 164 Å². The molecule has 152 valence electrons. The number of esters is 2. The predicted molar refractivity (Wildman–Crippen MR) is 98.7 cm³/mol. The number of hydrogen-bond acceptors (Lipinski definition) is 8. The fourth-order valence-corrected chi connectivity index (χ4v) is 2.31. The van der Waals surface area contributed by atoms with Crippen molar-refractivity contribution in [1.29, 1.82) is 5.26 Å². The van der Waals surface area contributed by atoms with Crippen LogP contribution in [-0.4, -0.2) is 41.8 Å². The van der Waals surface area contributed by atoms with E-state index in [0.29, 0.717) is 5.56 Å². The molecule has 0 aliphatic heterocycles. The van der Waals surface area contributed by atoms with Crippen molar-refractivity contribution in [3.05, 3.63) is 35.4 Å². The maximum absolute atomic E-state index is 12.3. The third kappa shape index (κ3) is 6.83. The number of Topliss-reactive ketones (excluding diaryl/α,β-unsaturated/α-hetero) is 2. The number of aliphatic hydroxyl groups is 1. The van der Waals surface area contributed by atoms with Gasteiger partial charge in [0.05, 0.1) is 13.2 Å². The number of nitrogens with zero attached hydrogens (tertiary/aromatic N) is 1. The van der Waals surface area contributed by atoms with Crippen LogP contribution in [0.25, 0.3) is 0 Å². The average Bonchev–Trinajstić information content (AvgIpc) is 2.68. The summed E-state index contributed by atoms with van der Waals surface area (Å²) >= 11 is 0. The Morgan fingerprint density at radius 3 is 1.79 bits per heavy atom. The van der Waals surface area contributed by atoms with E-state index in [0.717, 1.165) is 6.26 Å². The van der Waals surface area contributed by atoms with E-state index in [9.17, 15) is 19.2 Å². The van der Waals surface area contributed by atoms with E-state index in [1.807, 2.05) is 0 Å². The van der Waals surface area contributed by atoms with Crippen LogP contribution in [-0.2, 0) is 30.3 Å². The zero-order valence-corrected chi connectivity index (χ0v) is 16.5. The highest BCUT2D eigenvalue weighted by atomic mass is 16.6. The summed E-state index contributed by atoms with van der Waals surface area (Å²) < 4.78 is 10.0. The molecule has 0 fully saturated rings. The molecule has 0 saturated carbocycles. The summed E-state index contributed by atoms with van der Waals surface area (Å²) in [6.07, 6.45) is 0.964. The van der Waals surface area contributed by atoms with Gasteiger partial charge in [-0.3, -0.25) is 19.2 Å². The number of carbonyl (C=O) groups is 4. The van der Waals surface area contributed by atoms with Gasteiger partial charge in [-0.05, 0) is 32.8 Å². The van der Waals surface area contributed by atoms with Crippen molar-refractivity contribution >= 4 is 23.5 Å². The number of rotatable bonds is 9. The molecular weight excluding hydrogens is 366 g/mol. The van der Waals surface area contributed by atoms with Crippen LogP contribution in [0.15, 0.2) is 24.3 Å². The molecule has 0 bridgehead atoms. The molecule has 0 spiro atoms. The van der Waals surface area contributed by atoms with E-state index in [1.165, 1.54) is 19.1 Å². The van der Waals surface area contributed by atoms with Gasteiger partial charge in [0.25, 0.3) is 6.26 Å². The normalized spacial score (nSPS) is 9.96. The monoisotopic (exact) mass is 391 g/mol. The molecule has 1 N–H and O–H groups in total. The van der Waals surface area contributed by atoms with E-state index in [4.69, 9.17) is 19.8 Å². The summed E-state index contributed by atoms with van der Waals surface area (Å²) in [7, 11) is 0. The molecule has 0 atom stereocenters. The number of nitriles is 1. The third-order valence-corrected chi connectivity index (χ3v) is 3.80. The fraction of sp³-hybridized carbons (Fsp3) is 0.450. The van der Waals surface area contributed by atoms with E-state index >= 15 is 0 Å². The second-order valence-corrected chi connectivity index (χ2v) is 5.85. The van der Waals surface area contributed by atoms with E-state index < -0.39 is 28.9 Å². The number of hydrogen-bond donors (Lipinski definition) is 1. The van der Waals surface area contributed by atoms with Crippen LogP contribution in [0.3, 0.4) is 0 Å². The highest BCUT2D eigenvalue weighted by molar-refractivity contribution is 6.43. The largest absolute Gasteiger partial charge is 0.465 e. The standard InChI is InChI=1S/C19H24O6.CHNO/c1-5-15(20)16(21)14-10-8-13(9-11-14)12-19(4,17(22)24-6-2)18(23)25-7-3;2-1-3/h8-11H,5-7,12H2,1-4H3;3H. The van der Waals surface area contributed by atoms with Crippen molar-refractivity contribution in [3.63, 3.8) is 0 Å². The van der Waals surface area contributed by atoms with Crippen LogP contribution in [0.4, 0.5) is 0 Å². The molecule has 0 heterocycles. The first-order chi connectivity index (χ1) is 13.2. The molecule has 0 radical (unpaired) electrons. The minimum atomic E-state index is -1.48. The van der Waals surface area contributed by atoms with Gasteiger partial charge >= 0.3 is 11.9 Å². The SMILES string of the molecule is CCOC(=O)C(C)(Cc1ccc(C(=O)C(=O)CC)cc1)C(=O)OCC.N#CO. The van der Waals surface area contributed by atoms with E-state index in [1.54, 1.807) is 32.9 Å². The third-order valence-electron chi connectivity index (χ3n) is 3.80. The molecule has 0 saturated heterocycles. The average molecular weight is 391 g/mol. The number of benzene rings is 1. The number of aliphatic hydroxyl groups excluding tert-OH is 1. The minimum Gasteiger partial charge on any atom is -0.465 e. The van der Waals surface area contributed by atoms with Crippen LogP contribution in [0.2, 0.25) is 0 Å². The first-order valence-electron chi connectivity index (χ1n) is 8.75. The van der Waals surface area contributed by atoms with Crippen molar-refractivity contribution in [1.82, 2.24) is 0 Å². The van der Waals surface area contributed by atoms with E-state index in [2.05, 4.69) is 0 Å². The van der Waals surface area contributed by atoms with Gasteiger partial charge in [-0.2, -0.15) is 5.26 Å². The lowest BCUT2D eigenvalue weighted by Crippen LogP contribution is -2.41. The first-order valence-corrected chi connectivity index (χ1v) is 8.75. The van der Waals surface area contributed by atoms with Gasteiger partial charge in [0.15, 0.2) is 5.41 Å². The quantitative estimate of drug-likeness (QED) is 0.223. The number of ketones is 2. The number of carbonyl (C=O) groups excluding carboxylic acids is 4. The molecule has 0 aromatic heterocycles. The van der Waals surface area contributed by atoms with Crippen LogP contribution in [0.5, 0.6) is 0 Å². The lowest BCUT2D eigenvalue weighted by atomic mass is 9.83. The summed E-state index contributed by atoms with van der Waals surface area (Å²) in [5, 5.41) is 13.8. The van der Waals surface area contributed by atoms with Gasteiger partial charge in [0, 0.05) is 12.0 Å². The van der Waals surface area contributed by atoms with Crippen molar-refractivity contribution in [2.24, 2.45) is 5.41 Å². The second kappa shape index (κ2) is 12.2. The van der Waals surface area contributed by atoms with Crippen molar-refractivity contribution < 1.29 is 33.8 Å². The van der Waals surface area contributed by atoms with Gasteiger partial charge in [-0.1, -0.05) is 31.2 Å².